The number of nitrogens with zero attached hydrogens (tertiary/aromatic N) is 4. The van der Waals surface area contributed by atoms with Gasteiger partial charge in [0, 0.05) is 39.2 Å². The molecule has 0 radical (unpaired) electrons. The van der Waals surface area contributed by atoms with E-state index >= 15 is 0 Å². The number of nitrogens with one attached hydrogen (secondary N) is 2. The van der Waals surface area contributed by atoms with Gasteiger partial charge in [-0.15, -0.1) is 0 Å². The van der Waals surface area contributed by atoms with E-state index in [0.29, 0.717) is 37.3 Å². The molecule has 0 aliphatic rings. The smallest absolute Gasteiger partial charge is 0.246 e. The van der Waals surface area contributed by atoms with Crippen LogP contribution in [-0.2, 0) is 9.59 Å². The average molecular weight is 446 g/mol. The average Bonchev–Trinajstić information content (AvgIpc) is 2.76. The zero-order valence-electron chi connectivity index (χ0n) is 20.4. The first-order valence-corrected chi connectivity index (χ1v) is 11.0. The highest BCUT2D eigenvalue weighted by Gasteiger charge is 2.09. The van der Waals surface area contributed by atoms with Crippen molar-refractivity contribution in [3.05, 3.63) is 23.9 Å². The Bertz CT molecular complexity index is 782. The summed E-state index contributed by atoms with van der Waals surface area (Å²) in [6.07, 6.45) is 7.13. The third kappa shape index (κ3) is 13.2. The van der Waals surface area contributed by atoms with E-state index in [1.54, 1.807) is 19.3 Å². The molecule has 0 bridgehead atoms. The molecule has 32 heavy (non-hydrogen) atoms. The molecule has 178 valence electrons. The SMILES string of the molecule is CC.CCCNc1nc(N)ncc1C#CCCCNC(=O)CN(C)C(=O)/C=C/CN(C)C. The Balaban J connectivity index is 0.00000466. The molecule has 0 fully saturated rings. The highest BCUT2D eigenvalue weighted by molar-refractivity contribution is 5.91. The van der Waals surface area contributed by atoms with Crippen molar-refractivity contribution < 1.29 is 9.59 Å². The van der Waals surface area contributed by atoms with Gasteiger partial charge in [-0.2, -0.15) is 4.98 Å². The number of nitrogen functional groups attached to an aromatic ring is 1. The number of nitrogens with two attached hydrogens (primary N) is 1. The van der Waals surface area contributed by atoms with Gasteiger partial charge in [-0.25, -0.2) is 4.98 Å². The summed E-state index contributed by atoms with van der Waals surface area (Å²) in [4.78, 5) is 35.4. The molecule has 1 rings (SSSR count). The lowest BCUT2D eigenvalue weighted by molar-refractivity contribution is -0.131. The topological polar surface area (TPSA) is 116 Å². The van der Waals surface area contributed by atoms with Crippen LogP contribution in [0.4, 0.5) is 11.8 Å². The van der Waals surface area contributed by atoms with Gasteiger partial charge >= 0.3 is 0 Å². The highest BCUT2D eigenvalue weighted by Crippen LogP contribution is 2.11. The van der Waals surface area contributed by atoms with Crippen molar-refractivity contribution in [1.29, 1.82) is 0 Å². The van der Waals surface area contributed by atoms with E-state index in [2.05, 4.69) is 39.4 Å². The zero-order chi connectivity index (χ0) is 24.4. The summed E-state index contributed by atoms with van der Waals surface area (Å²) < 4.78 is 0. The number of hydrogen-bond donors (Lipinski definition) is 3. The van der Waals surface area contributed by atoms with Crippen LogP contribution in [0.1, 0.15) is 45.6 Å². The summed E-state index contributed by atoms with van der Waals surface area (Å²) in [7, 11) is 5.44. The van der Waals surface area contributed by atoms with E-state index < -0.39 is 0 Å². The lowest BCUT2D eigenvalue weighted by atomic mass is 10.2. The number of hydrogen-bond acceptors (Lipinski definition) is 7. The number of unbranched alkanes of at least 4 members (excludes halogenated alkanes) is 1. The normalized spacial score (nSPS) is 10.1. The maximum absolute atomic E-state index is 12.0. The molecule has 0 atom stereocenters. The molecular weight excluding hydrogens is 406 g/mol. The maximum Gasteiger partial charge on any atom is 0.246 e. The van der Waals surface area contributed by atoms with Gasteiger partial charge < -0.3 is 26.2 Å². The lowest BCUT2D eigenvalue weighted by Crippen LogP contribution is -2.38. The second kappa shape index (κ2) is 17.5. The van der Waals surface area contributed by atoms with Gasteiger partial charge in [0.1, 0.15) is 5.82 Å². The fraction of sp³-hybridized carbons (Fsp3) is 0.565. The molecule has 0 saturated heterocycles. The predicted molar refractivity (Wildman–Crippen MR) is 131 cm³/mol. The molecule has 1 aromatic heterocycles. The van der Waals surface area contributed by atoms with Crippen LogP contribution in [0.15, 0.2) is 18.3 Å². The van der Waals surface area contributed by atoms with Crippen molar-refractivity contribution in [1.82, 2.24) is 25.1 Å². The first-order chi connectivity index (χ1) is 15.3. The maximum atomic E-state index is 12.0. The fourth-order valence-corrected chi connectivity index (χ4v) is 2.27. The molecule has 0 spiro atoms. The third-order valence-electron chi connectivity index (χ3n) is 3.86. The minimum absolute atomic E-state index is 0.0199. The van der Waals surface area contributed by atoms with E-state index in [1.807, 2.05) is 32.8 Å². The van der Waals surface area contributed by atoms with Gasteiger partial charge in [0.2, 0.25) is 17.8 Å². The second-order valence-electron chi connectivity index (χ2n) is 7.03. The Labute approximate surface area is 192 Å². The molecule has 0 aromatic carbocycles. The second-order valence-corrected chi connectivity index (χ2v) is 7.03. The minimum atomic E-state index is -0.198. The van der Waals surface area contributed by atoms with Crippen molar-refractivity contribution >= 4 is 23.6 Å². The van der Waals surface area contributed by atoms with E-state index in [0.717, 1.165) is 13.0 Å². The number of carbonyl (C=O) groups excluding carboxylic acids is 2. The molecule has 0 saturated carbocycles. The molecule has 1 aromatic rings. The Kier molecular flexibility index (Phi) is 15.8. The minimum Gasteiger partial charge on any atom is -0.369 e. The number of aromatic nitrogens is 2. The van der Waals surface area contributed by atoms with Gasteiger partial charge in [0.05, 0.1) is 18.3 Å². The summed E-state index contributed by atoms with van der Waals surface area (Å²) in [6, 6.07) is 0. The number of carbonyl (C=O) groups is 2. The summed E-state index contributed by atoms with van der Waals surface area (Å²) in [5.41, 5.74) is 6.33. The largest absolute Gasteiger partial charge is 0.369 e. The van der Waals surface area contributed by atoms with Crippen LogP contribution < -0.4 is 16.4 Å². The van der Waals surface area contributed by atoms with E-state index in [4.69, 9.17) is 5.73 Å². The molecule has 4 N–H and O–H groups in total. The Morgan fingerprint density at radius 2 is 1.94 bits per heavy atom. The summed E-state index contributed by atoms with van der Waals surface area (Å²) in [5.74, 6) is 6.55. The van der Waals surface area contributed by atoms with Crippen LogP contribution in [0, 0.1) is 11.8 Å². The number of amides is 2. The summed E-state index contributed by atoms with van der Waals surface area (Å²) in [6.45, 7) is 8.02. The highest BCUT2D eigenvalue weighted by atomic mass is 16.2. The molecule has 2 amide bonds. The fourth-order valence-electron chi connectivity index (χ4n) is 2.27. The van der Waals surface area contributed by atoms with Crippen molar-refractivity contribution in [2.75, 3.05) is 58.4 Å². The van der Waals surface area contributed by atoms with Crippen LogP contribution >= 0.6 is 0 Å². The number of rotatable bonds is 11. The molecule has 9 nitrogen and oxygen atoms in total. The Hall–Kier alpha value is -3.12. The van der Waals surface area contributed by atoms with E-state index in [-0.39, 0.29) is 24.3 Å². The Morgan fingerprint density at radius 3 is 2.59 bits per heavy atom. The lowest BCUT2D eigenvalue weighted by Gasteiger charge is -2.14. The molecule has 0 aliphatic carbocycles. The molecule has 0 aliphatic heterocycles. The first kappa shape index (κ1) is 28.9. The number of likely N-dealkylation sites (N-methyl/N-ethyl adjacent to an activating group) is 2. The van der Waals surface area contributed by atoms with Gasteiger partial charge in [-0.1, -0.05) is 38.7 Å². The van der Waals surface area contributed by atoms with Crippen LogP contribution in [0.25, 0.3) is 0 Å². The van der Waals surface area contributed by atoms with Gasteiger partial charge in [-0.3, -0.25) is 9.59 Å². The van der Waals surface area contributed by atoms with Crippen molar-refractivity contribution in [2.45, 2.75) is 40.0 Å². The predicted octanol–water partition coefficient (Wildman–Crippen LogP) is 1.73. The van der Waals surface area contributed by atoms with Crippen molar-refractivity contribution in [2.24, 2.45) is 0 Å². The monoisotopic (exact) mass is 445 g/mol. The van der Waals surface area contributed by atoms with Crippen LogP contribution in [0.2, 0.25) is 0 Å². The molecule has 0 unspecified atom stereocenters. The molecule has 1 heterocycles. The molecule has 9 heteroatoms. The summed E-state index contributed by atoms with van der Waals surface area (Å²) >= 11 is 0. The van der Waals surface area contributed by atoms with E-state index in [9.17, 15) is 9.59 Å². The van der Waals surface area contributed by atoms with Crippen LogP contribution in [0.5, 0.6) is 0 Å². The van der Waals surface area contributed by atoms with Gasteiger partial charge in [0.15, 0.2) is 0 Å². The number of anilines is 2. The van der Waals surface area contributed by atoms with Crippen molar-refractivity contribution in [3.8, 4) is 11.8 Å². The standard InChI is InChI=1S/C21H33N7O2.C2H6/c1-5-12-24-20-17(15-25-21(22)26-20)10-7-6-8-13-23-18(29)16-28(4)19(30)11-9-14-27(2)3;1-2/h9,11,15H,5-6,8,12-14,16H2,1-4H3,(H,23,29)(H3,22,24,25,26);1-2H3/b11-9+;. The summed E-state index contributed by atoms with van der Waals surface area (Å²) in [5, 5.41) is 5.99. The third-order valence-corrected chi connectivity index (χ3v) is 3.86. The quantitative estimate of drug-likeness (QED) is 0.270. The van der Waals surface area contributed by atoms with Crippen LogP contribution in [-0.4, -0.2) is 78.9 Å². The zero-order valence-corrected chi connectivity index (χ0v) is 20.4. The first-order valence-electron chi connectivity index (χ1n) is 11.0. The van der Waals surface area contributed by atoms with Gasteiger partial charge in [0.25, 0.3) is 0 Å². The van der Waals surface area contributed by atoms with E-state index in [1.165, 1.54) is 11.0 Å². The van der Waals surface area contributed by atoms with Gasteiger partial charge in [-0.05, 0) is 26.9 Å². The van der Waals surface area contributed by atoms with Crippen molar-refractivity contribution in [3.63, 3.8) is 0 Å². The van der Waals surface area contributed by atoms with Crippen LogP contribution in [0.3, 0.4) is 0 Å². The molecular formula is C23H39N7O2. The Morgan fingerprint density at radius 1 is 1.22 bits per heavy atom.